The van der Waals surface area contributed by atoms with Crippen molar-refractivity contribution in [1.29, 1.82) is 0 Å². The minimum atomic E-state index is -0.961. The van der Waals surface area contributed by atoms with E-state index in [2.05, 4.69) is 34.9 Å². The number of carbonyl (C=O) groups is 3. The lowest BCUT2D eigenvalue weighted by Crippen LogP contribution is -2.47. The molecule has 182 valence electrons. The first kappa shape index (κ1) is 25.3. The van der Waals surface area contributed by atoms with E-state index >= 15 is 0 Å². The van der Waals surface area contributed by atoms with Crippen LogP contribution >= 0.6 is 0 Å². The van der Waals surface area contributed by atoms with Crippen LogP contribution in [0.5, 0.6) is 0 Å². The molecule has 0 saturated carbocycles. The Balaban J connectivity index is 1.58. The first-order chi connectivity index (χ1) is 16.2. The van der Waals surface area contributed by atoms with E-state index in [1.54, 1.807) is 0 Å². The zero-order valence-corrected chi connectivity index (χ0v) is 20.2. The standard InChI is InChI=1S/C27H34N2O5/c1-16(2)22(26(32)29-24(17(3)4)13-25(30)31)14-28-27(33)34-15-23-20-11-7-5-9-18(20)19-10-6-8-12-21(19)23/h5-12,16-17,22-24H,13-15H2,1-4H3,(H,28,33)(H,29,32)(H,30,31)/t22?,24-/m1/s1. The Morgan fingerprint density at radius 2 is 1.47 bits per heavy atom. The molecule has 2 amide bonds. The van der Waals surface area contributed by atoms with E-state index in [0.717, 1.165) is 22.3 Å². The molecule has 3 N–H and O–H groups in total. The van der Waals surface area contributed by atoms with Crippen LogP contribution in [-0.2, 0) is 14.3 Å². The normalized spacial score (nSPS) is 14.3. The van der Waals surface area contributed by atoms with Gasteiger partial charge in [0.25, 0.3) is 0 Å². The van der Waals surface area contributed by atoms with Crippen molar-refractivity contribution in [2.75, 3.05) is 13.2 Å². The van der Waals surface area contributed by atoms with Crippen molar-refractivity contribution in [2.24, 2.45) is 17.8 Å². The molecular formula is C27H34N2O5. The van der Waals surface area contributed by atoms with Crippen LogP contribution in [0.4, 0.5) is 4.79 Å². The molecule has 2 atom stereocenters. The van der Waals surface area contributed by atoms with Gasteiger partial charge in [-0.3, -0.25) is 9.59 Å². The van der Waals surface area contributed by atoms with Crippen molar-refractivity contribution in [3.8, 4) is 11.1 Å². The van der Waals surface area contributed by atoms with Crippen LogP contribution in [0.1, 0.15) is 51.2 Å². The van der Waals surface area contributed by atoms with E-state index in [-0.39, 0.29) is 43.2 Å². The van der Waals surface area contributed by atoms with E-state index in [4.69, 9.17) is 9.84 Å². The molecule has 1 unspecified atom stereocenters. The largest absolute Gasteiger partial charge is 0.481 e. The Hall–Kier alpha value is -3.35. The zero-order chi connectivity index (χ0) is 24.8. The van der Waals surface area contributed by atoms with Gasteiger partial charge in [0.1, 0.15) is 6.61 Å². The molecule has 34 heavy (non-hydrogen) atoms. The number of carboxylic acids is 1. The summed E-state index contributed by atoms with van der Waals surface area (Å²) in [5.74, 6) is -1.85. The van der Waals surface area contributed by atoms with Crippen LogP contribution < -0.4 is 10.6 Å². The van der Waals surface area contributed by atoms with Crippen molar-refractivity contribution < 1.29 is 24.2 Å². The molecular weight excluding hydrogens is 432 g/mol. The molecule has 0 fully saturated rings. The second-order valence-corrected chi connectivity index (χ2v) is 9.51. The quantitative estimate of drug-likeness (QED) is 0.481. The maximum Gasteiger partial charge on any atom is 0.407 e. The summed E-state index contributed by atoms with van der Waals surface area (Å²) in [6.07, 6.45) is -0.722. The lowest BCUT2D eigenvalue weighted by Gasteiger charge is -2.26. The molecule has 3 rings (SSSR count). The third-order valence-corrected chi connectivity index (χ3v) is 6.48. The lowest BCUT2D eigenvalue weighted by molar-refractivity contribution is -0.138. The highest BCUT2D eigenvalue weighted by Crippen LogP contribution is 2.44. The number of ether oxygens (including phenoxy) is 1. The fourth-order valence-corrected chi connectivity index (χ4v) is 4.41. The highest BCUT2D eigenvalue weighted by Gasteiger charge is 2.30. The first-order valence-corrected chi connectivity index (χ1v) is 11.8. The summed E-state index contributed by atoms with van der Waals surface area (Å²) in [5, 5.41) is 14.7. The zero-order valence-electron chi connectivity index (χ0n) is 20.2. The van der Waals surface area contributed by atoms with Gasteiger partial charge in [0.2, 0.25) is 5.91 Å². The smallest absolute Gasteiger partial charge is 0.407 e. The predicted octanol–water partition coefficient (Wildman–Crippen LogP) is 4.41. The van der Waals surface area contributed by atoms with E-state index in [1.807, 2.05) is 52.0 Å². The van der Waals surface area contributed by atoms with Crippen LogP contribution in [0.25, 0.3) is 11.1 Å². The average molecular weight is 467 g/mol. The molecule has 0 aliphatic heterocycles. The average Bonchev–Trinajstić information content (AvgIpc) is 3.10. The summed E-state index contributed by atoms with van der Waals surface area (Å²) in [4.78, 5) is 36.5. The summed E-state index contributed by atoms with van der Waals surface area (Å²) < 4.78 is 5.56. The first-order valence-electron chi connectivity index (χ1n) is 11.8. The summed E-state index contributed by atoms with van der Waals surface area (Å²) in [5.41, 5.74) is 4.58. The summed E-state index contributed by atoms with van der Waals surface area (Å²) in [6, 6.07) is 15.8. The Labute approximate surface area is 200 Å². The number of nitrogens with one attached hydrogen (secondary N) is 2. The maximum absolute atomic E-state index is 12.8. The third kappa shape index (κ3) is 5.95. The van der Waals surface area contributed by atoms with Gasteiger partial charge in [-0.2, -0.15) is 0 Å². The van der Waals surface area contributed by atoms with Crippen LogP contribution in [-0.4, -0.2) is 42.3 Å². The van der Waals surface area contributed by atoms with Crippen LogP contribution in [0.3, 0.4) is 0 Å². The van der Waals surface area contributed by atoms with Crippen LogP contribution in [0.2, 0.25) is 0 Å². The van der Waals surface area contributed by atoms with Gasteiger partial charge in [0, 0.05) is 18.5 Å². The van der Waals surface area contributed by atoms with Gasteiger partial charge < -0.3 is 20.5 Å². The number of benzene rings is 2. The van der Waals surface area contributed by atoms with Gasteiger partial charge in [-0.1, -0.05) is 76.2 Å². The van der Waals surface area contributed by atoms with Crippen molar-refractivity contribution in [3.05, 3.63) is 59.7 Å². The number of carboxylic acid groups (broad SMARTS) is 1. The molecule has 7 heteroatoms. The topological polar surface area (TPSA) is 105 Å². The molecule has 0 heterocycles. The Morgan fingerprint density at radius 1 is 0.912 bits per heavy atom. The highest BCUT2D eigenvalue weighted by molar-refractivity contribution is 5.81. The number of fused-ring (bicyclic) bond motifs is 3. The van der Waals surface area contributed by atoms with Crippen molar-refractivity contribution in [1.82, 2.24) is 10.6 Å². The van der Waals surface area contributed by atoms with Crippen molar-refractivity contribution in [2.45, 2.75) is 46.1 Å². The Bertz CT molecular complexity index is 988. The van der Waals surface area contributed by atoms with Crippen LogP contribution in [0.15, 0.2) is 48.5 Å². The molecule has 2 aromatic rings. The van der Waals surface area contributed by atoms with E-state index in [1.165, 1.54) is 0 Å². The maximum atomic E-state index is 12.8. The van der Waals surface area contributed by atoms with Gasteiger partial charge in [0.05, 0.1) is 12.3 Å². The SMILES string of the molecule is CC(C)C(CNC(=O)OCC1c2ccccc2-c2ccccc21)C(=O)N[C@H](CC(=O)O)C(C)C. The van der Waals surface area contributed by atoms with Crippen molar-refractivity contribution in [3.63, 3.8) is 0 Å². The monoisotopic (exact) mass is 466 g/mol. The molecule has 1 aliphatic carbocycles. The number of amides is 2. The second kappa shape index (κ2) is 11.2. The highest BCUT2D eigenvalue weighted by atomic mass is 16.5. The summed E-state index contributed by atoms with van der Waals surface area (Å²) in [6.45, 7) is 7.83. The molecule has 0 aromatic heterocycles. The molecule has 0 saturated heterocycles. The van der Waals surface area contributed by atoms with E-state index < -0.39 is 24.0 Å². The third-order valence-electron chi connectivity index (χ3n) is 6.48. The van der Waals surface area contributed by atoms with E-state index in [0.29, 0.717) is 0 Å². The number of hydrogen-bond acceptors (Lipinski definition) is 4. The predicted molar refractivity (Wildman–Crippen MR) is 130 cm³/mol. The number of hydrogen-bond donors (Lipinski definition) is 3. The second-order valence-electron chi connectivity index (χ2n) is 9.51. The van der Waals surface area contributed by atoms with Gasteiger partial charge in [-0.05, 0) is 34.1 Å². The fraction of sp³-hybridized carbons (Fsp3) is 0.444. The van der Waals surface area contributed by atoms with Crippen molar-refractivity contribution >= 4 is 18.0 Å². The number of aliphatic carboxylic acids is 1. The number of rotatable bonds is 10. The minimum absolute atomic E-state index is 0.0250. The fourth-order valence-electron chi connectivity index (χ4n) is 4.41. The molecule has 0 spiro atoms. The lowest BCUT2D eigenvalue weighted by atomic mass is 9.93. The molecule has 0 bridgehead atoms. The van der Waals surface area contributed by atoms with Gasteiger partial charge in [-0.25, -0.2) is 4.79 Å². The van der Waals surface area contributed by atoms with Gasteiger partial charge in [0.15, 0.2) is 0 Å². The van der Waals surface area contributed by atoms with Crippen LogP contribution in [0, 0.1) is 17.8 Å². The molecule has 1 aliphatic rings. The Kier molecular flexibility index (Phi) is 8.31. The van der Waals surface area contributed by atoms with Gasteiger partial charge >= 0.3 is 12.1 Å². The van der Waals surface area contributed by atoms with E-state index in [9.17, 15) is 14.4 Å². The van der Waals surface area contributed by atoms with Gasteiger partial charge in [-0.15, -0.1) is 0 Å². The number of alkyl carbamates (subject to hydrolysis) is 1. The number of carbonyl (C=O) groups excluding carboxylic acids is 2. The summed E-state index contributed by atoms with van der Waals surface area (Å²) >= 11 is 0. The molecule has 0 radical (unpaired) electrons. The molecule has 2 aromatic carbocycles. The molecule has 7 nitrogen and oxygen atoms in total. The minimum Gasteiger partial charge on any atom is -0.481 e. The summed E-state index contributed by atoms with van der Waals surface area (Å²) in [7, 11) is 0. The Morgan fingerprint density at radius 3 is 1.97 bits per heavy atom.